The summed E-state index contributed by atoms with van der Waals surface area (Å²) in [4.78, 5) is 19.2. The molecule has 0 fully saturated rings. The predicted molar refractivity (Wildman–Crippen MR) is 82.6 cm³/mol. The van der Waals surface area contributed by atoms with Crippen LogP contribution in [0.5, 0.6) is 0 Å². The van der Waals surface area contributed by atoms with E-state index in [1.54, 1.807) is 6.20 Å². The second kappa shape index (κ2) is 7.14. The van der Waals surface area contributed by atoms with Crippen LogP contribution in [0.4, 0.5) is 0 Å². The van der Waals surface area contributed by atoms with Crippen LogP contribution in [0.25, 0.3) is 11.3 Å². The van der Waals surface area contributed by atoms with Crippen LogP contribution >= 0.6 is 11.8 Å². The molecule has 0 aliphatic rings. The summed E-state index contributed by atoms with van der Waals surface area (Å²) in [6.45, 7) is 4.06. The molecule has 0 saturated heterocycles. The van der Waals surface area contributed by atoms with Crippen LogP contribution in [-0.4, -0.2) is 27.7 Å². The van der Waals surface area contributed by atoms with Crippen LogP contribution in [0.1, 0.15) is 20.3 Å². The van der Waals surface area contributed by atoms with Gasteiger partial charge in [-0.2, -0.15) is 0 Å². The van der Waals surface area contributed by atoms with E-state index in [9.17, 15) is 4.79 Å². The van der Waals surface area contributed by atoms with E-state index in [0.717, 1.165) is 22.8 Å². The largest absolute Gasteiger partial charge is 0.353 e. The predicted octanol–water partition coefficient (Wildman–Crippen LogP) is 3.08. The van der Waals surface area contributed by atoms with E-state index in [1.807, 2.05) is 37.3 Å². The molecule has 1 heterocycles. The Morgan fingerprint density at radius 1 is 1.40 bits per heavy atom. The highest BCUT2D eigenvalue weighted by atomic mass is 32.2. The van der Waals surface area contributed by atoms with Crippen molar-refractivity contribution in [3.63, 3.8) is 0 Å². The topological polar surface area (TPSA) is 57.8 Å². The standard InChI is InChI=1S/C15H19N3OS/c1-3-11(2)17-14(19)10-20-15-16-9-13(18-15)12-7-5-4-6-8-12/h4-9,11H,3,10H2,1-2H3,(H,16,18)(H,17,19). The van der Waals surface area contributed by atoms with Gasteiger partial charge in [0.15, 0.2) is 5.16 Å². The highest BCUT2D eigenvalue weighted by Gasteiger charge is 2.08. The molecule has 0 aliphatic carbocycles. The van der Waals surface area contributed by atoms with Crippen LogP contribution in [-0.2, 0) is 4.79 Å². The number of aromatic nitrogens is 2. The van der Waals surface area contributed by atoms with Gasteiger partial charge in [0.1, 0.15) is 0 Å². The first-order valence-corrected chi connectivity index (χ1v) is 7.70. The molecule has 2 aromatic rings. The Kier molecular flexibility index (Phi) is 5.24. The lowest BCUT2D eigenvalue weighted by molar-refractivity contribution is -0.119. The van der Waals surface area contributed by atoms with E-state index in [-0.39, 0.29) is 11.9 Å². The van der Waals surface area contributed by atoms with Gasteiger partial charge < -0.3 is 10.3 Å². The fourth-order valence-corrected chi connectivity index (χ4v) is 2.35. The molecule has 2 rings (SSSR count). The molecule has 0 aliphatic heterocycles. The minimum absolute atomic E-state index is 0.0435. The van der Waals surface area contributed by atoms with Gasteiger partial charge in [-0.3, -0.25) is 4.79 Å². The van der Waals surface area contributed by atoms with Gasteiger partial charge in [0.25, 0.3) is 0 Å². The minimum atomic E-state index is 0.0435. The lowest BCUT2D eigenvalue weighted by atomic mass is 10.2. The number of benzene rings is 1. The molecule has 20 heavy (non-hydrogen) atoms. The average Bonchev–Trinajstić information content (AvgIpc) is 2.95. The lowest BCUT2D eigenvalue weighted by Gasteiger charge is -2.10. The Bertz CT molecular complexity index is 553. The van der Waals surface area contributed by atoms with Crippen LogP contribution in [0, 0.1) is 0 Å². The van der Waals surface area contributed by atoms with Crippen LogP contribution in [0.2, 0.25) is 0 Å². The van der Waals surface area contributed by atoms with Crippen molar-refractivity contribution in [3.8, 4) is 11.3 Å². The summed E-state index contributed by atoms with van der Waals surface area (Å²) in [6.07, 6.45) is 2.74. The van der Waals surface area contributed by atoms with Gasteiger partial charge >= 0.3 is 0 Å². The van der Waals surface area contributed by atoms with Crippen molar-refractivity contribution in [2.45, 2.75) is 31.5 Å². The molecule has 1 amide bonds. The number of imidazole rings is 1. The molecule has 0 bridgehead atoms. The molecule has 2 N–H and O–H groups in total. The maximum absolute atomic E-state index is 11.7. The van der Waals surface area contributed by atoms with Crippen LogP contribution in [0.3, 0.4) is 0 Å². The van der Waals surface area contributed by atoms with Crippen molar-refractivity contribution in [1.29, 1.82) is 0 Å². The summed E-state index contributed by atoms with van der Waals surface area (Å²) >= 11 is 1.42. The third kappa shape index (κ3) is 4.13. The monoisotopic (exact) mass is 289 g/mol. The molecule has 1 atom stereocenters. The normalized spacial score (nSPS) is 12.1. The molecule has 0 spiro atoms. The van der Waals surface area contributed by atoms with E-state index in [0.29, 0.717) is 5.75 Å². The van der Waals surface area contributed by atoms with Gasteiger partial charge in [-0.05, 0) is 18.9 Å². The Balaban J connectivity index is 1.89. The van der Waals surface area contributed by atoms with Crippen molar-refractivity contribution < 1.29 is 4.79 Å². The summed E-state index contributed by atoms with van der Waals surface area (Å²) < 4.78 is 0. The van der Waals surface area contributed by atoms with Gasteiger partial charge in [0, 0.05) is 6.04 Å². The molecule has 1 unspecified atom stereocenters. The summed E-state index contributed by atoms with van der Waals surface area (Å²) in [5, 5.41) is 3.70. The van der Waals surface area contributed by atoms with Crippen molar-refractivity contribution in [3.05, 3.63) is 36.5 Å². The Morgan fingerprint density at radius 3 is 2.85 bits per heavy atom. The molecular formula is C15H19N3OS. The van der Waals surface area contributed by atoms with Crippen molar-refractivity contribution in [1.82, 2.24) is 15.3 Å². The van der Waals surface area contributed by atoms with Crippen molar-refractivity contribution >= 4 is 17.7 Å². The number of hydrogen-bond acceptors (Lipinski definition) is 3. The lowest BCUT2D eigenvalue weighted by Crippen LogP contribution is -2.33. The fraction of sp³-hybridized carbons (Fsp3) is 0.333. The summed E-state index contributed by atoms with van der Waals surface area (Å²) in [5.74, 6) is 0.425. The number of nitrogens with one attached hydrogen (secondary N) is 2. The summed E-state index contributed by atoms with van der Waals surface area (Å²) in [6, 6.07) is 10.2. The van der Waals surface area contributed by atoms with Gasteiger partial charge in [-0.25, -0.2) is 4.98 Å². The second-order valence-electron chi connectivity index (χ2n) is 4.63. The van der Waals surface area contributed by atoms with E-state index in [2.05, 4.69) is 22.2 Å². The van der Waals surface area contributed by atoms with Crippen molar-refractivity contribution in [2.24, 2.45) is 0 Å². The Morgan fingerprint density at radius 2 is 2.15 bits per heavy atom. The highest BCUT2D eigenvalue weighted by Crippen LogP contribution is 2.20. The fourth-order valence-electron chi connectivity index (χ4n) is 1.69. The van der Waals surface area contributed by atoms with E-state index in [1.165, 1.54) is 11.8 Å². The summed E-state index contributed by atoms with van der Waals surface area (Å²) in [5.41, 5.74) is 2.06. The van der Waals surface area contributed by atoms with Gasteiger partial charge in [0.05, 0.1) is 17.6 Å². The second-order valence-corrected chi connectivity index (χ2v) is 5.60. The first kappa shape index (κ1) is 14.7. The SMILES string of the molecule is CCC(C)NC(=O)CSc1ncc(-c2ccccc2)[nH]1. The molecule has 1 aromatic heterocycles. The number of nitrogens with zero attached hydrogens (tertiary/aromatic N) is 1. The quantitative estimate of drug-likeness (QED) is 0.803. The number of hydrogen-bond donors (Lipinski definition) is 2. The number of carbonyl (C=O) groups is 1. The molecule has 5 heteroatoms. The number of thioether (sulfide) groups is 1. The number of rotatable bonds is 6. The van der Waals surface area contributed by atoms with Crippen molar-refractivity contribution in [2.75, 3.05) is 5.75 Å². The molecule has 0 radical (unpaired) electrons. The Hall–Kier alpha value is -1.75. The maximum Gasteiger partial charge on any atom is 0.230 e. The van der Waals surface area contributed by atoms with E-state index >= 15 is 0 Å². The highest BCUT2D eigenvalue weighted by molar-refractivity contribution is 7.99. The van der Waals surface area contributed by atoms with Gasteiger partial charge in [-0.1, -0.05) is 49.0 Å². The maximum atomic E-state index is 11.7. The van der Waals surface area contributed by atoms with Crippen LogP contribution < -0.4 is 5.32 Å². The molecule has 106 valence electrons. The molecular weight excluding hydrogens is 270 g/mol. The van der Waals surface area contributed by atoms with Crippen LogP contribution in [0.15, 0.2) is 41.7 Å². The smallest absolute Gasteiger partial charge is 0.230 e. The molecule has 1 aromatic carbocycles. The Labute approximate surface area is 123 Å². The zero-order chi connectivity index (χ0) is 14.4. The third-order valence-electron chi connectivity index (χ3n) is 3.00. The first-order valence-electron chi connectivity index (χ1n) is 6.71. The zero-order valence-electron chi connectivity index (χ0n) is 11.7. The molecule has 0 saturated carbocycles. The third-order valence-corrected chi connectivity index (χ3v) is 3.88. The van der Waals surface area contributed by atoms with Gasteiger partial charge in [-0.15, -0.1) is 0 Å². The van der Waals surface area contributed by atoms with E-state index in [4.69, 9.17) is 0 Å². The number of carbonyl (C=O) groups excluding carboxylic acids is 1. The number of H-pyrrole nitrogens is 1. The average molecular weight is 289 g/mol. The first-order chi connectivity index (χ1) is 9.69. The summed E-state index contributed by atoms with van der Waals surface area (Å²) in [7, 11) is 0. The zero-order valence-corrected chi connectivity index (χ0v) is 12.5. The van der Waals surface area contributed by atoms with E-state index < -0.39 is 0 Å². The molecule has 4 nitrogen and oxygen atoms in total. The number of aromatic amines is 1. The van der Waals surface area contributed by atoms with Gasteiger partial charge in [0.2, 0.25) is 5.91 Å². The number of amides is 1. The minimum Gasteiger partial charge on any atom is -0.353 e.